The van der Waals surface area contributed by atoms with E-state index in [9.17, 15) is 15.2 Å². The van der Waals surface area contributed by atoms with Gasteiger partial charge in [-0.25, -0.2) is 4.57 Å². The molecule has 0 saturated carbocycles. The monoisotopic (exact) mass is 248 g/mol. The molecule has 2 N–H and O–H groups in total. The lowest BCUT2D eigenvalue weighted by Crippen LogP contribution is -2.31. The van der Waals surface area contributed by atoms with Gasteiger partial charge in [-0.3, -0.25) is 0 Å². The summed E-state index contributed by atoms with van der Waals surface area (Å²) >= 11 is 5.45. The minimum absolute atomic E-state index is 0.131. The van der Waals surface area contributed by atoms with Crippen LogP contribution in [-0.2, 0) is 6.54 Å². The van der Waals surface area contributed by atoms with Crippen LogP contribution in [0.1, 0.15) is 0 Å². The van der Waals surface area contributed by atoms with Gasteiger partial charge < -0.3 is 20.5 Å². The summed E-state index contributed by atoms with van der Waals surface area (Å²) in [6, 6.07) is 0. The lowest BCUT2D eigenvalue weighted by atomic mass is 10.3. The van der Waals surface area contributed by atoms with Crippen LogP contribution in [0.5, 0.6) is 0 Å². The second-order valence-corrected chi connectivity index (χ2v) is 3.56. The molecule has 1 aromatic heterocycles. The van der Waals surface area contributed by atoms with Gasteiger partial charge in [0.2, 0.25) is 0 Å². The molecule has 0 amide bonds. The van der Waals surface area contributed by atoms with Crippen molar-refractivity contribution in [1.82, 2.24) is 14.9 Å². The third-order valence-electron chi connectivity index (χ3n) is 1.92. The van der Waals surface area contributed by atoms with E-state index in [1.54, 1.807) is 0 Å². The molecule has 0 bridgehead atoms. The Morgan fingerprint density at radius 2 is 2.50 bits per heavy atom. The molecule has 1 heterocycles. The molecule has 0 aliphatic carbocycles. The van der Waals surface area contributed by atoms with Crippen molar-refractivity contribution in [3.8, 4) is 0 Å². The minimum atomic E-state index is -0.712. The third kappa shape index (κ3) is 3.76. The Labute approximate surface area is 97.2 Å². The van der Waals surface area contributed by atoms with Crippen LogP contribution in [0.15, 0.2) is 12.4 Å². The maximum atomic E-state index is 10.5. The SMILES string of the molecule is O=[N+]([O-])c1nccn1CC(O)CNCCCl. The van der Waals surface area contributed by atoms with Crippen LogP contribution in [-0.4, -0.2) is 44.7 Å². The van der Waals surface area contributed by atoms with Crippen molar-refractivity contribution in [3.63, 3.8) is 0 Å². The molecule has 0 spiro atoms. The van der Waals surface area contributed by atoms with Gasteiger partial charge >= 0.3 is 5.95 Å². The minimum Gasteiger partial charge on any atom is -0.390 e. The number of hydrogen-bond donors (Lipinski definition) is 2. The lowest BCUT2D eigenvalue weighted by Gasteiger charge is -2.10. The smallest absolute Gasteiger partial charge is 0.390 e. The van der Waals surface area contributed by atoms with Crippen molar-refractivity contribution >= 4 is 17.5 Å². The van der Waals surface area contributed by atoms with Gasteiger partial charge in [-0.15, -0.1) is 11.6 Å². The summed E-state index contributed by atoms with van der Waals surface area (Å²) in [5.74, 6) is 0.189. The topological polar surface area (TPSA) is 93.2 Å². The molecule has 1 unspecified atom stereocenters. The van der Waals surface area contributed by atoms with E-state index >= 15 is 0 Å². The Morgan fingerprint density at radius 3 is 3.12 bits per heavy atom. The fraction of sp³-hybridized carbons (Fsp3) is 0.625. The molecule has 0 aliphatic heterocycles. The second-order valence-electron chi connectivity index (χ2n) is 3.18. The number of nitrogens with zero attached hydrogens (tertiary/aromatic N) is 3. The number of aromatic nitrogens is 2. The van der Waals surface area contributed by atoms with Gasteiger partial charge in [0.15, 0.2) is 0 Å². The molecule has 0 aromatic carbocycles. The molecular formula is C8H13ClN4O3. The lowest BCUT2D eigenvalue weighted by molar-refractivity contribution is -0.397. The number of aliphatic hydroxyl groups is 1. The molecule has 0 fully saturated rings. The number of alkyl halides is 1. The fourth-order valence-electron chi connectivity index (χ4n) is 1.24. The highest BCUT2D eigenvalue weighted by Crippen LogP contribution is 2.07. The first-order chi connectivity index (χ1) is 7.65. The molecule has 90 valence electrons. The largest absolute Gasteiger partial charge is 0.434 e. The van der Waals surface area contributed by atoms with Crippen LogP contribution in [0, 0.1) is 10.1 Å². The molecule has 0 saturated heterocycles. The Bertz CT molecular complexity index is 344. The summed E-state index contributed by atoms with van der Waals surface area (Å²) in [7, 11) is 0. The Balaban J connectivity index is 2.46. The Kier molecular flexibility index (Phi) is 5.17. The zero-order chi connectivity index (χ0) is 12.0. The molecule has 0 aliphatic rings. The maximum Gasteiger partial charge on any atom is 0.434 e. The Morgan fingerprint density at radius 1 is 1.75 bits per heavy atom. The summed E-state index contributed by atoms with van der Waals surface area (Å²) in [5.41, 5.74) is 0. The van der Waals surface area contributed by atoms with Gasteiger partial charge in [0.1, 0.15) is 12.4 Å². The van der Waals surface area contributed by atoms with E-state index in [0.717, 1.165) is 0 Å². The number of halogens is 1. The average molecular weight is 249 g/mol. The van der Waals surface area contributed by atoms with Crippen molar-refractivity contribution in [3.05, 3.63) is 22.5 Å². The van der Waals surface area contributed by atoms with E-state index in [-0.39, 0.29) is 12.5 Å². The van der Waals surface area contributed by atoms with Crippen LogP contribution in [0.25, 0.3) is 0 Å². The van der Waals surface area contributed by atoms with Crippen LogP contribution in [0.3, 0.4) is 0 Å². The van der Waals surface area contributed by atoms with Gasteiger partial charge in [0.25, 0.3) is 0 Å². The third-order valence-corrected chi connectivity index (χ3v) is 2.10. The van der Waals surface area contributed by atoms with E-state index in [2.05, 4.69) is 10.3 Å². The normalized spacial score (nSPS) is 12.6. The molecule has 16 heavy (non-hydrogen) atoms. The number of aliphatic hydroxyl groups excluding tert-OH is 1. The first-order valence-corrected chi connectivity index (χ1v) is 5.29. The molecule has 1 rings (SSSR count). The highest BCUT2D eigenvalue weighted by Gasteiger charge is 2.16. The molecule has 1 atom stereocenters. The van der Waals surface area contributed by atoms with E-state index in [1.807, 2.05) is 0 Å². The molecule has 7 nitrogen and oxygen atoms in total. The van der Waals surface area contributed by atoms with Gasteiger partial charge in [-0.1, -0.05) is 4.98 Å². The van der Waals surface area contributed by atoms with E-state index in [4.69, 9.17) is 11.6 Å². The van der Waals surface area contributed by atoms with Gasteiger partial charge in [-0.2, -0.15) is 0 Å². The highest BCUT2D eigenvalue weighted by molar-refractivity contribution is 6.18. The first-order valence-electron chi connectivity index (χ1n) is 4.75. The standard InChI is InChI=1S/C8H13ClN4O3/c9-1-2-10-5-7(14)6-12-4-3-11-8(12)13(15)16/h3-4,7,10,14H,1-2,5-6H2. The maximum absolute atomic E-state index is 10.5. The first kappa shape index (κ1) is 12.9. The van der Waals surface area contributed by atoms with E-state index in [0.29, 0.717) is 19.0 Å². The van der Waals surface area contributed by atoms with Crippen LogP contribution in [0.4, 0.5) is 5.95 Å². The van der Waals surface area contributed by atoms with E-state index < -0.39 is 11.0 Å². The summed E-state index contributed by atoms with van der Waals surface area (Å²) in [6.45, 7) is 1.05. The van der Waals surface area contributed by atoms with Crippen LogP contribution in [0.2, 0.25) is 0 Å². The predicted molar refractivity (Wildman–Crippen MR) is 58.5 cm³/mol. The zero-order valence-corrected chi connectivity index (χ0v) is 9.30. The van der Waals surface area contributed by atoms with E-state index in [1.165, 1.54) is 17.0 Å². The average Bonchev–Trinajstić information content (AvgIpc) is 2.66. The summed E-state index contributed by atoms with van der Waals surface area (Å²) in [5, 5.41) is 23.0. The second kappa shape index (κ2) is 6.41. The number of hydrogen-bond acceptors (Lipinski definition) is 5. The van der Waals surface area contributed by atoms with Gasteiger partial charge in [0.05, 0.1) is 12.6 Å². The zero-order valence-electron chi connectivity index (χ0n) is 8.54. The number of nitro groups is 1. The van der Waals surface area contributed by atoms with Gasteiger partial charge in [0, 0.05) is 19.0 Å². The number of rotatable bonds is 7. The Hall–Kier alpha value is -1.18. The quantitative estimate of drug-likeness (QED) is 0.306. The van der Waals surface area contributed by atoms with Crippen molar-refractivity contribution in [2.24, 2.45) is 0 Å². The number of imidazole rings is 1. The van der Waals surface area contributed by atoms with Crippen molar-refractivity contribution in [2.45, 2.75) is 12.6 Å². The van der Waals surface area contributed by atoms with Crippen molar-refractivity contribution in [2.75, 3.05) is 19.0 Å². The number of nitrogens with one attached hydrogen (secondary N) is 1. The molecular weight excluding hydrogens is 236 g/mol. The molecule has 8 heteroatoms. The summed E-state index contributed by atoms with van der Waals surface area (Å²) in [6.07, 6.45) is 2.08. The summed E-state index contributed by atoms with van der Waals surface area (Å²) < 4.78 is 1.30. The molecule has 1 aromatic rings. The van der Waals surface area contributed by atoms with Crippen molar-refractivity contribution in [1.29, 1.82) is 0 Å². The van der Waals surface area contributed by atoms with Crippen LogP contribution < -0.4 is 5.32 Å². The molecule has 0 radical (unpaired) electrons. The fourth-order valence-corrected chi connectivity index (χ4v) is 1.38. The van der Waals surface area contributed by atoms with Crippen molar-refractivity contribution < 1.29 is 10.0 Å². The predicted octanol–water partition coefficient (Wildman–Crippen LogP) is -0.0194. The summed E-state index contributed by atoms with van der Waals surface area (Å²) in [4.78, 5) is 13.5. The van der Waals surface area contributed by atoms with Gasteiger partial charge in [-0.05, 0) is 4.92 Å². The highest BCUT2D eigenvalue weighted by atomic mass is 35.5. The van der Waals surface area contributed by atoms with Crippen LogP contribution >= 0.6 is 11.6 Å².